The third-order valence-electron chi connectivity index (χ3n) is 3.56. The fraction of sp³-hybridized carbons (Fsp3) is 0.533. The van der Waals surface area contributed by atoms with Gasteiger partial charge in [-0.25, -0.2) is 0 Å². The number of nitrogens with zero attached hydrogens (tertiary/aromatic N) is 1. The number of likely N-dealkylation sites (tertiary alicyclic amines) is 1. The summed E-state index contributed by atoms with van der Waals surface area (Å²) in [5.74, 6) is 0.833. The number of aromatic hydroxyl groups is 1. The number of hydrogen-bond acceptors (Lipinski definition) is 4. The van der Waals surface area contributed by atoms with Crippen molar-refractivity contribution in [3.63, 3.8) is 0 Å². The number of Topliss-reactive ketones (excluding diaryl/α,β-unsaturated/α-hetero) is 1. The third-order valence-corrected chi connectivity index (χ3v) is 3.56. The summed E-state index contributed by atoms with van der Waals surface area (Å²) in [6.07, 6.45) is 2.30. The highest BCUT2D eigenvalue weighted by Gasteiger charge is 2.21. The van der Waals surface area contributed by atoms with Crippen LogP contribution in [0.2, 0.25) is 0 Å². The molecular weight excluding hydrogens is 242 g/mol. The van der Waals surface area contributed by atoms with Crippen LogP contribution >= 0.6 is 0 Å². The summed E-state index contributed by atoms with van der Waals surface area (Å²) in [6.45, 7) is 3.12. The van der Waals surface area contributed by atoms with Crippen LogP contribution < -0.4 is 0 Å². The van der Waals surface area contributed by atoms with E-state index in [1.54, 1.807) is 31.4 Å². The number of benzene rings is 1. The first-order chi connectivity index (χ1) is 9.19. The molecule has 1 fully saturated rings. The molecule has 4 nitrogen and oxygen atoms in total. The SMILES string of the molecule is COCC1CCCN(CC(=O)c2ccc(O)cc2)C1. The van der Waals surface area contributed by atoms with Crippen molar-refractivity contribution < 1.29 is 14.6 Å². The van der Waals surface area contributed by atoms with Crippen LogP contribution in [0, 0.1) is 5.92 Å². The lowest BCUT2D eigenvalue weighted by Gasteiger charge is -2.31. The number of hydrogen-bond donors (Lipinski definition) is 1. The molecule has 0 aliphatic carbocycles. The topological polar surface area (TPSA) is 49.8 Å². The van der Waals surface area contributed by atoms with Crippen LogP contribution in [-0.4, -0.2) is 49.1 Å². The molecule has 1 heterocycles. The van der Waals surface area contributed by atoms with Gasteiger partial charge in [0, 0.05) is 19.2 Å². The predicted molar refractivity (Wildman–Crippen MR) is 73.5 cm³/mol. The van der Waals surface area contributed by atoms with Gasteiger partial charge in [-0.1, -0.05) is 0 Å². The van der Waals surface area contributed by atoms with Crippen LogP contribution in [0.25, 0.3) is 0 Å². The Balaban J connectivity index is 1.89. The minimum atomic E-state index is 0.109. The first kappa shape index (κ1) is 14.0. The van der Waals surface area contributed by atoms with Crippen molar-refractivity contribution in [2.45, 2.75) is 12.8 Å². The van der Waals surface area contributed by atoms with Gasteiger partial charge in [0.15, 0.2) is 5.78 Å². The molecule has 1 aromatic rings. The lowest BCUT2D eigenvalue weighted by molar-refractivity contribution is 0.0758. The maximum Gasteiger partial charge on any atom is 0.176 e. The molecule has 2 rings (SSSR count). The second-order valence-electron chi connectivity index (χ2n) is 5.17. The van der Waals surface area contributed by atoms with Crippen molar-refractivity contribution in [2.75, 3.05) is 33.4 Å². The molecule has 0 bridgehead atoms. The number of carbonyl (C=O) groups excluding carboxylic acids is 1. The number of methoxy groups -OCH3 is 1. The summed E-state index contributed by atoms with van der Waals surface area (Å²) < 4.78 is 5.19. The Bertz CT molecular complexity index is 414. The summed E-state index contributed by atoms with van der Waals surface area (Å²) in [5, 5.41) is 9.22. The molecular formula is C15H21NO3. The number of rotatable bonds is 5. The van der Waals surface area contributed by atoms with Crippen molar-refractivity contribution >= 4 is 5.78 Å². The molecule has 1 atom stereocenters. The standard InChI is InChI=1S/C15H21NO3/c1-19-11-12-3-2-8-16(9-12)10-15(18)13-4-6-14(17)7-5-13/h4-7,12,17H,2-3,8-11H2,1H3. The molecule has 1 aliphatic rings. The molecule has 0 amide bonds. The van der Waals surface area contributed by atoms with Gasteiger partial charge in [-0.2, -0.15) is 0 Å². The van der Waals surface area contributed by atoms with E-state index >= 15 is 0 Å². The molecule has 1 saturated heterocycles. The highest BCUT2D eigenvalue weighted by atomic mass is 16.5. The molecule has 0 aromatic heterocycles. The zero-order chi connectivity index (χ0) is 13.7. The van der Waals surface area contributed by atoms with E-state index in [0.717, 1.165) is 26.1 Å². The van der Waals surface area contributed by atoms with Crippen LogP contribution in [0.15, 0.2) is 24.3 Å². The summed E-state index contributed by atoms with van der Waals surface area (Å²) in [5.41, 5.74) is 0.659. The zero-order valence-corrected chi connectivity index (χ0v) is 11.3. The largest absolute Gasteiger partial charge is 0.508 e. The Labute approximate surface area is 114 Å². The number of ketones is 1. The predicted octanol–water partition coefficient (Wildman–Crippen LogP) is 1.93. The van der Waals surface area contributed by atoms with E-state index in [2.05, 4.69) is 4.90 Å². The normalized spacial score (nSPS) is 20.4. The van der Waals surface area contributed by atoms with Crippen molar-refractivity contribution in [3.8, 4) is 5.75 Å². The molecule has 1 N–H and O–H groups in total. The van der Waals surface area contributed by atoms with E-state index in [4.69, 9.17) is 4.74 Å². The summed E-state index contributed by atoms with van der Waals surface area (Å²) >= 11 is 0. The van der Waals surface area contributed by atoms with E-state index < -0.39 is 0 Å². The highest BCUT2D eigenvalue weighted by molar-refractivity contribution is 5.97. The molecule has 0 radical (unpaired) electrons. The lowest BCUT2D eigenvalue weighted by atomic mass is 9.98. The van der Waals surface area contributed by atoms with Gasteiger partial charge < -0.3 is 9.84 Å². The Morgan fingerprint density at radius 3 is 2.84 bits per heavy atom. The van der Waals surface area contributed by atoms with Gasteiger partial charge in [0.2, 0.25) is 0 Å². The number of phenolic OH excluding ortho intramolecular Hbond substituents is 1. The van der Waals surface area contributed by atoms with E-state index in [1.165, 1.54) is 6.42 Å². The Kier molecular flexibility index (Phi) is 4.93. The van der Waals surface area contributed by atoms with Crippen molar-refractivity contribution in [1.29, 1.82) is 0 Å². The van der Waals surface area contributed by atoms with E-state index in [9.17, 15) is 9.90 Å². The van der Waals surface area contributed by atoms with Gasteiger partial charge in [0.25, 0.3) is 0 Å². The monoisotopic (exact) mass is 263 g/mol. The average molecular weight is 263 g/mol. The number of phenols is 1. The highest BCUT2D eigenvalue weighted by Crippen LogP contribution is 2.17. The fourth-order valence-electron chi connectivity index (χ4n) is 2.61. The van der Waals surface area contributed by atoms with Crippen LogP contribution in [0.5, 0.6) is 5.75 Å². The summed E-state index contributed by atoms with van der Waals surface area (Å²) in [7, 11) is 1.72. The molecule has 19 heavy (non-hydrogen) atoms. The van der Waals surface area contributed by atoms with Crippen molar-refractivity contribution in [1.82, 2.24) is 4.90 Å². The van der Waals surface area contributed by atoms with Gasteiger partial charge in [-0.05, 0) is 49.6 Å². The number of piperidine rings is 1. The van der Waals surface area contributed by atoms with E-state index in [0.29, 0.717) is 18.0 Å². The first-order valence-corrected chi connectivity index (χ1v) is 6.72. The van der Waals surface area contributed by atoms with Crippen LogP contribution in [-0.2, 0) is 4.74 Å². The summed E-state index contributed by atoms with van der Waals surface area (Å²) in [6, 6.07) is 6.46. The van der Waals surface area contributed by atoms with Crippen LogP contribution in [0.3, 0.4) is 0 Å². The number of carbonyl (C=O) groups is 1. The zero-order valence-electron chi connectivity index (χ0n) is 11.3. The van der Waals surface area contributed by atoms with E-state index in [1.807, 2.05) is 0 Å². The first-order valence-electron chi connectivity index (χ1n) is 6.72. The third kappa shape index (κ3) is 4.04. The lowest BCUT2D eigenvalue weighted by Crippen LogP contribution is -2.40. The van der Waals surface area contributed by atoms with Gasteiger partial charge in [-0.3, -0.25) is 9.69 Å². The molecule has 1 unspecified atom stereocenters. The van der Waals surface area contributed by atoms with Gasteiger partial charge in [0.05, 0.1) is 13.2 Å². The smallest absolute Gasteiger partial charge is 0.176 e. The van der Waals surface area contributed by atoms with Crippen LogP contribution in [0.1, 0.15) is 23.2 Å². The Morgan fingerprint density at radius 1 is 1.42 bits per heavy atom. The van der Waals surface area contributed by atoms with Crippen LogP contribution in [0.4, 0.5) is 0 Å². The molecule has 0 saturated carbocycles. The Morgan fingerprint density at radius 2 is 2.16 bits per heavy atom. The second-order valence-corrected chi connectivity index (χ2v) is 5.17. The van der Waals surface area contributed by atoms with Gasteiger partial charge in [0.1, 0.15) is 5.75 Å². The molecule has 1 aliphatic heterocycles. The average Bonchev–Trinajstić information content (AvgIpc) is 2.40. The maximum absolute atomic E-state index is 12.1. The van der Waals surface area contributed by atoms with Gasteiger partial charge in [-0.15, -0.1) is 0 Å². The fourth-order valence-corrected chi connectivity index (χ4v) is 2.61. The van der Waals surface area contributed by atoms with E-state index in [-0.39, 0.29) is 11.5 Å². The van der Waals surface area contributed by atoms with Crippen molar-refractivity contribution in [2.24, 2.45) is 5.92 Å². The minimum Gasteiger partial charge on any atom is -0.508 e. The Hall–Kier alpha value is -1.39. The summed E-state index contributed by atoms with van der Waals surface area (Å²) in [4.78, 5) is 14.3. The second kappa shape index (κ2) is 6.68. The van der Waals surface area contributed by atoms with Crippen molar-refractivity contribution in [3.05, 3.63) is 29.8 Å². The minimum absolute atomic E-state index is 0.109. The quantitative estimate of drug-likeness (QED) is 0.825. The molecule has 104 valence electrons. The molecule has 1 aromatic carbocycles. The molecule has 4 heteroatoms. The maximum atomic E-state index is 12.1. The van der Waals surface area contributed by atoms with Gasteiger partial charge >= 0.3 is 0 Å². The molecule has 0 spiro atoms. The number of ether oxygens (including phenoxy) is 1.